The number of carbonyl (C=O) groups excluding carboxylic acids is 1. The average Bonchev–Trinajstić information content (AvgIpc) is 2.37. The van der Waals surface area contributed by atoms with Crippen LogP contribution in [-0.2, 0) is 0 Å². The summed E-state index contributed by atoms with van der Waals surface area (Å²) < 4.78 is 0. The second-order valence-electron chi connectivity index (χ2n) is 4.36. The molecule has 0 bridgehead atoms. The first kappa shape index (κ1) is 16.7. The van der Waals surface area contributed by atoms with Crippen LogP contribution in [0, 0.1) is 10.1 Å². The second-order valence-corrected chi connectivity index (χ2v) is 5.15. The van der Waals surface area contributed by atoms with E-state index in [-0.39, 0.29) is 40.5 Å². The van der Waals surface area contributed by atoms with Gasteiger partial charge in [0.1, 0.15) is 0 Å². The molecule has 0 aliphatic carbocycles. The summed E-state index contributed by atoms with van der Waals surface area (Å²) in [4.78, 5) is 23.9. The molecule has 0 radical (unpaired) electrons. The topological polar surface area (TPSA) is 83.7 Å². The summed E-state index contributed by atoms with van der Waals surface area (Å²) in [5, 5.41) is 19.7. The molecule has 0 aliphatic rings. The Balaban J connectivity index is 3.29. The van der Waals surface area contributed by atoms with Crippen LogP contribution in [0.15, 0.2) is 12.1 Å². The molecule has 0 aliphatic heterocycles. The van der Waals surface area contributed by atoms with Gasteiger partial charge in [0.15, 0.2) is 0 Å². The van der Waals surface area contributed by atoms with Crippen LogP contribution in [0.2, 0.25) is 10.0 Å². The van der Waals surface area contributed by atoms with Gasteiger partial charge in [0, 0.05) is 24.7 Å². The Morgan fingerprint density at radius 3 is 2.50 bits per heavy atom. The fraction of sp³-hybridized carbons (Fsp3) is 0.417. The van der Waals surface area contributed by atoms with Gasteiger partial charge in [-0.05, 0) is 13.8 Å². The van der Waals surface area contributed by atoms with Gasteiger partial charge in [-0.15, -0.1) is 0 Å². The highest BCUT2D eigenvalue weighted by atomic mass is 35.5. The van der Waals surface area contributed by atoms with E-state index in [0.717, 1.165) is 12.1 Å². The molecule has 0 atom stereocenters. The maximum atomic E-state index is 12.4. The van der Waals surface area contributed by atoms with Crippen molar-refractivity contribution in [2.75, 3.05) is 13.2 Å². The Hall–Kier alpha value is -1.37. The smallest absolute Gasteiger partial charge is 0.271 e. The van der Waals surface area contributed by atoms with Gasteiger partial charge in [0.2, 0.25) is 0 Å². The lowest BCUT2D eigenvalue weighted by Gasteiger charge is -2.26. The minimum Gasteiger partial charge on any atom is -0.395 e. The Morgan fingerprint density at radius 2 is 2.05 bits per heavy atom. The van der Waals surface area contributed by atoms with Crippen molar-refractivity contribution >= 4 is 34.8 Å². The van der Waals surface area contributed by atoms with Crippen molar-refractivity contribution in [1.82, 2.24) is 4.90 Å². The maximum absolute atomic E-state index is 12.4. The number of nitrogens with zero attached hydrogens (tertiary/aromatic N) is 2. The highest BCUT2D eigenvalue weighted by molar-refractivity contribution is 6.44. The van der Waals surface area contributed by atoms with Crippen LogP contribution < -0.4 is 0 Å². The van der Waals surface area contributed by atoms with Crippen molar-refractivity contribution in [1.29, 1.82) is 0 Å². The lowest BCUT2D eigenvalue weighted by molar-refractivity contribution is -0.384. The Morgan fingerprint density at radius 1 is 1.45 bits per heavy atom. The average molecular weight is 321 g/mol. The molecule has 8 heteroatoms. The molecule has 1 aromatic carbocycles. The molecule has 6 nitrogen and oxygen atoms in total. The number of halogens is 2. The van der Waals surface area contributed by atoms with Crippen LogP contribution in [0.5, 0.6) is 0 Å². The summed E-state index contributed by atoms with van der Waals surface area (Å²) in [6.45, 7) is 3.41. The number of benzene rings is 1. The molecule has 0 aromatic heterocycles. The number of aliphatic hydroxyl groups is 1. The number of aliphatic hydroxyl groups excluding tert-OH is 1. The number of non-ortho nitro benzene ring substituents is 1. The molecule has 0 saturated heterocycles. The quantitative estimate of drug-likeness (QED) is 0.667. The van der Waals surface area contributed by atoms with Crippen molar-refractivity contribution in [3.63, 3.8) is 0 Å². The standard InChI is InChI=1S/C12H14Cl2N2O4/c1-7(2)15(3-4-17)12(18)9-5-8(16(19)20)6-10(13)11(9)14/h5-7,17H,3-4H2,1-2H3. The molecule has 0 fully saturated rings. The number of hydrogen-bond acceptors (Lipinski definition) is 4. The van der Waals surface area contributed by atoms with E-state index in [2.05, 4.69) is 0 Å². The minimum atomic E-state index is -0.648. The highest BCUT2D eigenvalue weighted by Crippen LogP contribution is 2.31. The fourth-order valence-corrected chi connectivity index (χ4v) is 2.10. The summed E-state index contributed by atoms with van der Waals surface area (Å²) in [5.74, 6) is -0.510. The first-order valence-electron chi connectivity index (χ1n) is 5.84. The number of amides is 1. The van der Waals surface area contributed by atoms with Gasteiger partial charge in [-0.1, -0.05) is 23.2 Å². The summed E-state index contributed by atoms with van der Waals surface area (Å²) in [6.07, 6.45) is 0. The highest BCUT2D eigenvalue weighted by Gasteiger charge is 2.24. The van der Waals surface area contributed by atoms with Crippen molar-refractivity contribution < 1.29 is 14.8 Å². The number of rotatable bonds is 5. The Bertz CT molecular complexity index is 534. The first-order valence-corrected chi connectivity index (χ1v) is 6.60. The zero-order valence-corrected chi connectivity index (χ0v) is 12.5. The lowest BCUT2D eigenvalue weighted by Crippen LogP contribution is -2.39. The normalized spacial score (nSPS) is 10.7. The van der Waals surface area contributed by atoms with Crippen LogP contribution in [0.3, 0.4) is 0 Å². The van der Waals surface area contributed by atoms with Crippen molar-refractivity contribution in [3.8, 4) is 0 Å². The molecule has 20 heavy (non-hydrogen) atoms. The van der Waals surface area contributed by atoms with Gasteiger partial charge in [-0.2, -0.15) is 0 Å². The molecule has 0 spiro atoms. The summed E-state index contributed by atoms with van der Waals surface area (Å²) in [7, 11) is 0. The second kappa shape index (κ2) is 6.88. The van der Waals surface area contributed by atoms with Gasteiger partial charge >= 0.3 is 0 Å². The lowest BCUT2D eigenvalue weighted by atomic mass is 10.1. The third-order valence-corrected chi connectivity index (χ3v) is 3.48. The van der Waals surface area contributed by atoms with Gasteiger partial charge in [-0.3, -0.25) is 14.9 Å². The zero-order valence-electron chi connectivity index (χ0n) is 11.0. The number of nitro benzene ring substituents is 1. The molecule has 0 heterocycles. The number of carbonyl (C=O) groups is 1. The summed E-state index contributed by atoms with van der Waals surface area (Å²) in [6, 6.07) is 1.99. The van der Waals surface area contributed by atoms with E-state index < -0.39 is 10.8 Å². The fourth-order valence-electron chi connectivity index (χ4n) is 1.69. The van der Waals surface area contributed by atoms with E-state index in [0.29, 0.717) is 0 Å². The molecule has 110 valence electrons. The predicted octanol–water partition coefficient (Wildman–Crippen LogP) is 2.74. The van der Waals surface area contributed by atoms with E-state index in [9.17, 15) is 14.9 Å². The molecular formula is C12H14Cl2N2O4. The first-order chi connectivity index (χ1) is 9.29. The maximum Gasteiger partial charge on any atom is 0.271 e. The molecule has 1 aromatic rings. The van der Waals surface area contributed by atoms with Crippen molar-refractivity contribution in [2.45, 2.75) is 19.9 Å². The Kier molecular flexibility index (Phi) is 5.74. The van der Waals surface area contributed by atoms with Crippen LogP contribution in [0.25, 0.3) is 0 Å². The van der Waals surface area contributed by atoms with Gasteiger partial charge in [0.25, 0.3) is 11.6 Å². The summed E-state index contributed by atoms with van der Waals surface area (Å²) in [5.41, 5.74) is -0.358. The molecule has 1 rings (SSSR count). The third-order valence-electron chi connectivity index (χ3n) is 2.68. The monoisotopic (exact) mass is 320 g/mol. The molecule has 0 unspecified atom stereocenters. The zero-order chi connectivity index (χ0) is 15.4. The van der Waals surface area contributed by atoms with E-state index in [4.69, 9.17) is 28.3 Å². The van der Waals surface area contributed by atoms with Crippen LogP contribution in [0.4, 0.5) is 5.69 Å². The molecule has 1 N–H and O–H groups in total. The Labute approximate surface area is 126 Å². The van der Waals surface area contributed by atoms with Gasteiger partial charge in [-0.25, -0.2) is 0 Å². The van der Waals surface area contributed by atoms with E-state index in [1.807, 2.05) is 0 Å². The van der Waals surface area contributed by atoms with E-state index in [1.165, 1.54) is 4.90 Å². The molecular weight excluding hydrogens is 307 g/mol. The van der Waals surface area contributed by atoms with Crippen LogP contribution >= 0.6 is 23.2 Å². The molecule has 1 amide bonds. The van der Waals surface area contributed by atoms with E-state index >= 15 is 0 Å². The van der Waals surface area contributed by atoms with Gasteiger partial charge < -0.3 is 10.0 Å². The number of hydrogen-bond donors (Lipinski definition) is 1. The third kappa shape index (κ3) is 3.59. The van der Waals surface area contributed by atoms with Crippen LogP contribution in [0.1, 0.15) is 24.2 Å². The van der Waals surface area contributed by atoms with Gasteiger partial charge in [0.05, 0.1) is 27.1 Å². The predicted molar refractivity (Wildman–Crippen MR) is 76.4 cm³/mol. The minimum absolute atomic E-state index is 0.0362. The van der Waals surface area contributed by atoms with Crippen molar-refractivity contribution in [2.24, 2.45) is 0 Å². The molecule has 0 saturated carbocycles. The van der Waals surface area contributed by atoms with Crippen LogP contribution in [-0.4, -0.2) is 40.0 Å². The largest absolute Gasteiger partial charge is 0.395 e. The summed E-state index contributed by atoms with van der Waals surface area (Å²) >= 11 is 11.8. The number of nitro groups is 1. The van der Waals surface area contributed by atoms with E-state index in [1.54, 1.807) is 13.8 Å². The SMILES string of the molecule is CC(C)N(CCO)C(=O)c1cc([N+](=O)[O-])cc(Cl)c1Cl. The van der Waals surface area contributed by atoms with Crippen molar-refractivity contribution in [3.05, 3.63) is 37.9 Å².